The van der Waals surface area contributed by atoms with Crippen molar-refractivity contribution in [1.82, 2.24) is 4.57 Å². The molecule has 0 aliphatic heterocycles. The molecule has 2 aromatic carbocycles. The van der Waals surface area contributed by atoms with E-state index in [9.17, 15) is 4.79 Å². The van der Waals surface area contributed by atoms with Gasteiger partial charge >= 0.3 is 4.87 Å². The average molecular weight is 340 g/mol. The van der Waals surface area contributed by atoms with Crippen LogP contribution in [0.4, 0.5) is 0 Å². The van der Waals surface area contributed by atoms with Crippen LogP contribution in [-0.4, -0.2) is 11.2 Å². The lowest BCUT2D eigenvalue weighted by molar-refractivity contribution is 0.299. The van der Waals surface area contributed by atoms with E-state index >= 15 is 0 Å². The van der Waals surface area contributed by atoms with Crippen molar-refractivity contribution in [2.75, 3.05) is 6.61 Å². The minimum Gasteiger partial charge on any atom is -0.490 e. The number of hydrogen-bond acceptors (Lipinski definition) is 3. The van der Waals surface area contributed by atoms with Crippen LogP contribution in [0.5, 0.6) is 5.75 Å². The lowest BCUT2D eigenvalue weighted by atomic mass is 10.3. The van der Waals surface area contributed by atoms with Crippen LogP contribution >= 0.6 is 34.5 Å². The minimum atomic E-state index is 0.0157. The molecule has 0 N–H and O–H groups in total. The van der Waals surface area contributed by atoms with Gasteiger partial charge in [-0.3, -0.25) is 9.36 Å². The molecule has 3 rings (SSSR count). The van der Waals surface area contributed by atoms with Crippen molar-refractivity contribution < 1.29 is 4.74 Å². The highest BCUT2D eigenvalue weighted by atomic mass is 35.5. The van der Waals surface area contributed by atoms with Gasteiger partial charge in [0, 0.05) is 5.02 Å². The maximum absolute atomic E-state index is 12.0. The quantitative estimate of drug-likeness (QED) is 0.703. The van der Waals surface area contributed by atoms with Crippen LogP contribution in [0.3, 0.4) is 0 Å². The summed E-state index contributed by atoms with van der Waals surface area (Å²) in [7, 11) is 0. The van der Waals surface area contributed by atoms with E-state index in [0.29, 0.717) is 28.9 Å². The summed E-state index contributed by atoms with van der Waals surface area (Å²) in [5.74, 6) is 0.564. The molecule has 6 heteroatoms. The largest absolute Gasteiger partial charge is 0.490 e. The zero-order chi connectivity index (χ0) is 14.8. The Hall–Kier alpha value is -1.49. The Labute approximate surface area is 135 Å². The van der Waals surface area contributed by atoms with E-state index in [1.807, 2.05) is 24.3 Å². The number of fused-ring (bicyclic) bond motifs is 1. The van der Waals surface area contributed by atoms with Gasteiger partial charge < -0.3 is 4.74 Å². The molecule has 0 spiro atoms. The van der Waals surface area contributed by atoms with Crippen molar-refractivity contribution >= 4 is 44.8 Å². The molecular weight excluding hydrogens is 329 g/mol. The van der Waals surface area contributed by atoms with Crippen molar-refractivity contribution in [1.29, 1.82) is 0 Å². The molecule has 0 amide bonds. The van der Waals surface area contributed by atoms with Gasteiger partial charge in [0.1, 0.15) is 12.4 Å². The molecule has 3 aromatic rings. The number of hydrogen-bond donors (Lipinski definition) is 0. The number of rotatable bonds is 4. The molecule has 0 saturated heterocycles. The summed E-state index contributed by atoms with van der Waals surface area (Å²) >= 11 is 13.1. The van der Waals surface area contributed by atoms with Crippen LogP contribution in [0.2, 0.25) is 10.0 Å². The fourth-order valence-electron chi connectivity index (χ4n) is 2.06. The molecular formula is C15H11Cl2NO2S. The monoisotopic (exact) mass is 339 g/mol. The Balaban J connectivity index is 1.75. The number of nitrogens with zero attached hydrogens (tertiary/aromatic N) is 1. The van der Waals surface area contributed by atoms with Gasteiger partial charge in [0.25, 0.3) is 0 Å². The van der Waals surface area contributed by atoms with E-state index in [-0.39, 0.29) is 4.87 Å². The molecule has 1 aromatic heterocycles. The first kappa shape index (κ1) is 14.4. The highest BCUT2D eigenvalue weighted by Gasteiger charge is 2.07. The highest BCUT2D eigenvalue weighted by Crippen LogP contribution is 2.27. The van der Waals surface area contributed by atoms with Crippen LogP contribution in [0, 0.1) is 0 Å². The van der Waals surface area contributed by atoms with Crippen LogP contribution in [0.1, 0.15) is 0 Å². The summed E-state index contributed by atoms with van der Waals surface area (Å²) in [6, 6.07) is 12.8. The molecule has 0 bridgehead atoms. The smallest absolute Gasteiger partial charge is 0.308 e. The third kappa shape index (κ3) is 3.07. The van der Waals surface area contributed by atoms with E-state index in [1.54, 1.807) is 22.8 Å². The first-order valence-corrected chi connectivity index (χ1v) is 7.88. The Morgan fingerprint density at radius 2 is 1.95 bits per heavy atom. The van der Waals surface area contributed by atoms with Crippen molar-refractivity contribution in [3.05, 3.63) is 62.2 Å². The second-order valence-electron chi connectivity index (χ2n) is 4.41. The first-order chi connectivity index (χ1) is 10.1. The molecule has 0 atom stereocenters. The number of para-hydroxylation sites is 1. The molecule has 0 saturated carbocycles. The van der Waals surface area contributed by atoms with Gasteiger partial charge in [0.2, 0.25) is 0 Å². The van der Waals surface area contributed by atoms with Crippen LogP contribution < -0.4 is 9.61 Å². The lowest BCUT2D eigenvalue weighted by Crippen LogP contribution is -2.17. The van der Waals surface area contributed by atoms with Gasteiger partial charge in [-0.1, -0.05) is 46.7 Å². The highest BCUT2D eigenvalue weighted by molar-refractivity contribution is 7.16. The Bertz CT molecular complexity index is 841. The van der Waals surface area contributed by atoms with Gasteiger partial charge in [-0.25, -0.2) is 0 Å². The normalized spacial score (nSPS) is 11.0. The second kappa shape index (κ2) is 6.10. The number of ether oxygens (including phenoxy) is 1. The lowest BCUT2D eigenvalue weighted by Gasteiger charge is -2.09. The summed E-state index contributed by atoms with van der Waals surface area (Å²) in [6.45, 7) is 0.837. The zero-order valence-electron chi connectivity index (χ0n) is 10.9. The van der Waals surface area contributed by atoms with E-state index < -0.39 is 0 Å². The third-order valence-electron chi connectivity index (χ3n) is 3.04. The van der Waals surface area contributed by atoms with Crippen molar-refractivity contribution in [3.8, 4) is 5.75 Å². The summed E-state index contributed by atoms with van der Waals surface area (Å²) in [4.78, 5) is 12.0. The van der Waals surface area contributed by atoms with Gasteiger partial charge in [0.15, 0.2) is 0 Å². The molecule has 0 aliphatic rings. The van der Waals surface area contributed by atoms with Crippen molar-refractivity contribution in [3.63, 3.8) is 0 Å². The molecule has 0 radical (unpaired) electrons. The zero-order valence-corrected chi connectivity index (χ0v) is 13.2. The molecule has 0 fully saturated rings. The van der Waals surface area contributed by atoms with E-state index in [1.165, 1.54) is 11.3 Å². The average Bonchev–Trinajstić information content (AvgIpc) is 2.77. The maximum atomic E-state index is 12.0. The topological polar surface area (TPSA) is 31.2 Å². The van der Waals surface area contributed by atoms with Gasteiger partial charge in [-0.15, -0.1) is 0 Å². The molecule has 0 aliphatic carbocycles. The van der Waals surface area contributed by atoms with Gasteiger partial charge in [-0.2, -0.15) is 0 Å². The van der Waals surface area contributed by atoms with Gasteiger partial charge in [-0.05, 0) is 30.3 Å². The van der Waals surface area contributed by atoms with E-state index in [2.05, 4.69) is 0 Å². The summed E-state index contributed by atoms with van der Waals surface area (Å²) < 4.78 is 8.31. The van der Waals surface area contributed by atoms with Gasteiger partial charge in [0.05, 0.1) is 21.8 Å². The summed E-state index contributed by atoms with van der Waals surface area (Å²) in [5, 5.41) is 1.03. The third-order valence-corrected chi connectivity index (χ3v) is 4.53. The SMILES string of the molecule is O=c1sc2ccccc2n1CCOc1ccc(Cl)cc1Cl. The van der Waals surface area contributed by atoms with Crippen molar-refractivity contribution in [2.45, 2.75) is 6.54 Å². The fraction of sp³-hybridized carbons (Fsp3) is 0.133. The number of benzene rings is 2. The molecule has 3 nitrogen and oxygen atoms in total. The van der Waals surface area contributed by atoms with Crippen LogP contribution in [-0.2, 0) is 6.54 Å². The van der Waals surface area contributed by atoms with Crippen molar-refractivity contribution in [2.24, 2.45) is 0 Å². The maximum Gasteiger partial charge on any atom is 0.308 e. The van der Waals surface area contributed by atoms with E-state index in [0.717, 1.165) is 10.2 Å². The molecule has 108 valence electrons. The fourth-order valence-corrected chi connectivity index (χ4v) is 3.45. The predicted octanol–water partition coefficient (Wildman–Crippen LogP) is 4.45. The minimum absolute atomic E-state index is 0.0157. The first-order valence-electron chi connectivity index (χ1n) is 6.31. The number of aromatic nitrogens is 1. The Kier molecular flexibility index (Phi) is 4.19. The Morgan fingerprint density at radius 1 is 1.14 bits per heavy atom. The molecule has 0 unspecified atom stereocenters. The van der Waals surface area contributed by atoms with Crippen LogP contribution in [0.25, 0.3) is 10.2 Å². The standard InChI is InChI=1S/C15H11Cl2NO2S/c16-10-5-6-13(11(17)9-10)20-8-7-18-12-3-1-2-4-14(12)21-15(18)19/h1-6,9H,7-8H2. The van der Waals surface area contributed by atoms with E-state index in [4.69, 9.17) is 27.9 Å². The molecule has 21 heavy (non-hydrogen) atoms. The summed E-state index contributed by atoms with van der Waals surface area (Å²) in [5.41, 5.74) is 0.929. The summed E-state index contributed by atoms with van der Waals surface area (Å²) in [6.07, 6.45) is 0. The number of thiazole rings is 1. The Morgan fingerprint density at radius 3 is 2.76 bits per heavy atom. The second-order valence-corrected chi connectivity index (χ2v) is 6.25. The predicted molar refractivity (Wildman–Crippen MR) is 88.0 cm³/mol. The molecule has 1 heterocycles. The number of halogens is 2. The van der Waals surface area contributed by atoms with Crippen LogP contribution in [0.15, 0.2) is 47.3 Å².